The van der Waals surface area contributed by atoms with Gasteiger partial charge in [0.1, 0.15) is 5.82 Å². The molecule has 0 bridgehead atoms. The Bertz CT molecular complexity index is 742. The van der Waals surface area contributed by atoms with Crippen LogP contribution in [0.5, 0.6) is 0 Å². The van der Waals surface area contributed by atoms with E-state index in [1.54, 1.807) is 18.2 Å². The van der Waals surface area contributed by atoms with Crippen molar-refractivity contribution >= 4 is 28.4 Å². The SMILES string of the molecule is Nc1nc2ccccc2nc1Nc1ccccc1F. The van der Waals surface area contributed by atoms with E-state index in [9.17, 15) is 4.39 Å². The number of nitrogen functional groups attached to an aromatic ring is 1. The summed E-state index contributed by atoms with van der Waals surface area (Å²) in [7, 11) is 0. The van der Waals surface area contributed by atoms with Crippen molar-refractivity contribution in [1.82, 2.24) is 9.97 Å². The number of fused-ring (bicyclic) bond motifs is 1. The maximum Gasteiger partial charge on any atom is 0.174 e. The molecule has 3 rings (SSSR count). The normalized spacial score (nSPS) is 10.6. The number of nitrogens with two attached hydrogens (primary N) is 1. The summed E-state index contributed by atoms with van der Waals surface area (Å²) in [5, 5.41) is 2.86. The quantitative estimate of drug-likeness (QED) is 0.737. The molecule has 0 fully saturated rings. The number of hydrogen-bond donors (Lipinski definition) is 2. The fourth-order valence-corrected chi connectivity index (χ4v) is 1.80. The van der Waals surface area contributed by atoms with Gasteiger partial charge in [-0.25, -0.2) is 14.4 Å². The van der Waals surface area contributed by atoms with E-state index in [1.165, 1.54) is 6.07 Å². The third-order valence-electron chi connectivity index (χ3n) is 2.72. The van der Waals surface area contributed by atoms with E-state index in [4.69, 9.17) is 5.73 Å². The predicted molar refractivity (Wildman–Crippen MR) is 73.6 cm³/mol. The van der Waals surface area contributed by atoms with Crippen LogP contribution in [0.3, 0.4) is 0 Å². The molecule has 1 aromatic heterocycles. The van der Waals surface area contributed by atoms with Crippen LogP contribution in [0.4, 0.5) is 21.7 Å². The maximum absolute atomic E-state index is 13.6. The van der Waals surface area contributed by atoms with Crippen molar-refractivity contribution in [3.63, 3.8) is 0 Å². The third kappa shape index (κ3) is 2.18. The first-order valence-electron chi connectivity index (χ1n) is 5.78. The maximum atomic E-state index is 13.6. The van der Waals surface area contributed by atoms with Crippen LogP contribution in [0.15, 0.2) is 48.5 Å². The van der Waals surface area contributed by atoms with E-state index in [-0.39, 0.29) is 11.6 Å². The minimum Gasteiger partial charge on any atom is -0.381 e. The molecule has 0 aliphatic rings. The van der Waals surface area contributed by atoms with E-state index in [2.05, 4.69) is 15.3 Å². The highest BCUT2D eigenvalue weighted by molar-refractivity contribution is 5.80. The fourth-order valence-electron chi connectivity index (χ4n) is 1.80. The first kappa shape index (κ1) is 11.4. The Hall–Kier alpha value is -2.69. The first-order valence-corrected chi connectivity index (χ1v) is 5.78. The Labute approximate surface area is 109 Å². The lowest BCUT2D eigenvalue weighted by Gasteiger charge is -2.09. The Morgan fingerprint density at radius 1 is 0.895 bits per heavy atom. The van der Waals surface area contributed by atoms with Crippen molar-refractivity contribution in [1.29, 1.82) is 0 Å². The van der Waals surface area contributed by atoms with Gasteiger partial charge in [-0.15, -0.1) is 0 Å². The van der Waals surface area contributed by atoms with Gasteiger partial charge in [0.15, 0.2) is 11.6 Å². The third-order valence-corrected chi connectivity index (χ3v) is 2.72. The van der Waals surface area contributed by atoms with Crippen molar-refractivity contribution in [2.75, 3.05) is 11.1 Å². The molecular weight excluding hydrogens is 243 g/mol. The van der Waals surface area contributed by atoms with Crippen LogP contribution in [0.2, 0.25) is 0 Å². The van der Waals surface area contributed by atoms with E-state index < -0.39 is 0 Å². The van der Waals surface area contributed by atoms with Gasteiger partial charge in [-0.1, -0.05) is 24.3 Å². The van der Waals surface area contributed by atoms with Crippen molar-refractivity contribution in [3.8, 4) is 0 Å². The highest BCUT2D eigenvalue weighted by Crippen LogP contribution is 2.23. The second-order valence-electron chi connectivity index (χ2n) is 4.05. The Balaban J connectivity index is 2.06. The summed E-state index contributed by atoms with van der Waals surface area (Å²) >= 11 is 0. The Morgan fingerprint density at radius 3 is 2.26 bits per heavy atom. The smallest absolute Gasteiger partial charge is 0.174 e. The van der Waals surface area contributed by atoms with Gasteiger partial charge in [-0.2, -0.15) is 0 Å². The second kappa shape index (κ2) is 4.53. The van der Waals surface area contributed by atoms with Gasteiger partial charge in [0.25, 0.3) is 0 Å². The van der Waals surface area contributed by atoms with Crippen molar-refractivity contribution < 1.29 is 4.39 Å². The van der Waals surface area contributed by atoms with Gasteiger partial charge in [0.2, 0.25) is 0 Å². The van der Waals surface area contributed by atoms with Crippen LogP contribution in [0.1, 0.15) is 0 Å². The van der Waals surface area contributed by atoms with Gasteiger partial charge in [-0.3, -0.25) is 0 Å². The Morgan fingerprint density at radius 2 is 1.53 bits per heavy atom. The van der Waals surface area contributed by atoms with Crippen molar-refractivity contribution in [2.24, 2.45) is 0 Å². The molecule has 0 spiro atoms. The van der Waals surface area contributed by atoms with Crippen LogP contribution in [-0.2, 0) is 0 Å². The molecule has 3 aromatic rings. The molecule has 0 amide bonds. The number of nitrogens with one attached hydrogen (secondary N) is 1. The summed E-state index contributed by atoms with van der Waals surface area (Å²) in [5.74, 6) is 0.225. The van der Waals surface area contributed by atoms with Crippen LogP contribution in [0, 0.1) is 5.82 Å². The molecule has 2 aromatic carbocycles. The molecule has 0 unspecified atom stereocenters. The summed E-state index contributed by atoms with van der Waals surface area (Å²) in [4.78, 5) is 8.58. The minimum atomic E-state index is -0.364. The summed E-state index contributed by atoms with van der Waals surface area (Å²) in [6.07, 6.45) is 0. The molecule has 5 heteroatoms. The zero-order valence-corrected chi connectivity index (χ0v) is 9.97. The monoisotopic (exact) mass is 254 g/mol. The van der Waals surface area contributed by atoms with Crippen LogP contribution in [-0.4, -0.2) is 9.97 Å². The van der Waals surface area contributed by atoms with Crippen LogP contribution >= 0.6 is 0 Å². The average Bonchev–Trinajstić information content (AvgIpc) is 2.42. The van der Waals surface area contributed by atoms with Crippen molar-refractivity contribution in [2.45, 2.75) is 0 Å². The zero-order valence-electron chi connectivity index (χ0n) is 9.97. The predicted octanol–water partition coefficient (Wildman–Crippen LogP) is 3.09. The highest BCUT2D eigenvalue weighted by Gasteiger charge is 2.08. The summed E-state index contributed by atoms with van der Waals surface area (Å²) in [6.45, 7) is 0. The molecule has 1 heterocycles. The summed E-state index contributed by atoms with van der Waals surface area (Å²) in [5.41, 5.74) is 7.56. The van der Waals surface area contributed by atoms with E-state index in [0.717, 1.165) is 0 Å². The standard InChI is InChI=1S/C14H11FN4/c15-9-5-1-2-6-10(9)18-14-13(16)17-11-7-3-4-8-12(11)19-14/h1-8H,(H2,16,17)(H,18,19). The van der Waals surface area contributed by atoms with E-state index >= 15 is 0 Å². The lowest BCUT2D eigenvalue weighted by molar-refractivity contribution is 0.632. The molecule has 0 saturated carbocycles. The summed E-state index contributed by atoms with van der Waals surface area (Å²) in [6, 6.07) is 13.7. The summed E-state index contributed by atoms with van der Waals surface area (Å²) < 4.78 is 13.6. The number of benzene rings is 2. The number of hydrogen-bond acceptors (Lipinski definition) is 4. The number of halogens is 1. The number of para-hydroxylation sites is 3. The van der Waals surface area contributed by atoms with Gasteiger partial charge < -0.3 is 11.1 Å². The van der Waals surface area contributed by atoms with Gasteiger partial charge in [0.05, 0.1) is 16.7 Å². The van der Waals surface area contributed by atoms with E-state index in [1.807, 2.05) is 24.3 Å². The number of nitrogens with zero attached hydrogens (tertiary/aromatic N) is 2. The van der Waals surface area contributed by atoms with Gasteiger partial charge >= 0.3 is 0 Å². The Kier molecular flexibility index (Phi) is 2.72. The molecular formula is C14H11FN4. The van der Waals surface area contributed by atoms with E-state index in [0.29, 0.717) is 22.5 Å². The number of anilines is 3. The fraction of sp³-hybridized carbons (Fsp3) is 0. The average molecular weight is 254 g/mol. The zero-order chi connectivity index (χ0) is 13.2. The molecule has 0 radical (unpaired) electrons. The van der Waals surface area contributed by atoms with Crippen LogP contribution < -0.4 is 11.1 Å². The number of rotatable bonds is 2. The van der Waals surface area contributed by atoms with Gasteiger partial charge in [0, 0.05) is 0 Å². The largest absolute Gasteiger partial charge is 0.381 e. The topological polar surface area (TPSA) is 63.8 Å². The van der Waals surface area contributed by atoms with Crippen LogP contribution in [0.25, 0.3) is 11.0 Å². The molecule has 19 heavy (non-hydrogen) atoms. The second-order valence-corrected chi connectivity index (χ2v) is 4.05. The molecule has 4 nitrogen and oxygen atoms in total. The molecule has 0 aliphatic carbocycles. The lowest BCUT2D eigenvalue weighted by atomic mass is 10.3. The highest BCUT2D eigenvalue weighted by atomic mass is 19.1. The lowest BCUT2D eigenvalue weighted by Crippen LogP contribution is -2.03. The first-order chi connectivity index (χ1) is 9.24. The minimum absolute atomic E-state index is 0.238. The molecule has 94 valence electrons. The molecule has 0 atom stereocenters. The molecule has 3 N–H and O–H groups in total. The van der Waals surface area contributed by atoms with Gasteiger partial charge in [-0.05, 0) is 24.3 Å². The van der Waals surface area contributed by atoms with Crippen molar-refractivity contribution in [3.05, 3.63) is 54.3 Å². The number of aromatic nitrogens is 2. The molecule has 0 saturated heterocycles. The molecule has 0 aliphatic heterocycles.